The average molecular weight is 425 g/mol. The van der Waals surface area contributed by atoms with E-state index in [0.717, 1.165) is 0 Å². The maximum Gasteiger partial charge on any atom is 0.345 e. The van der Waals surface area contributed by atoms with Crippen molar-refractivity contribution in [3.63, 3.8) is 0 Å². The minimum absolute atomic E-state index is 0.00208. The minimum Gasteiger partial charge on any atom is -0.466 e. The monoisotopic (exact) mass is 424 g/mol. The van der Waals surface area contributed by atoms with Crippen molar-refractivity contribution in [3.8, 4) is 11.8 Å². The maximum absolute atomic E-state index is 12.7. The van der Waals surface area contributed by atoms with Crippen LogP contribution in [0.1, 0.15) is 28.8 Å². The third-order valence-corrected chi connectivity index (χ3v) is 4.87. The third kappa shape index (κ3) is 3.86. The molecule has 1 aliphatic rings. The molecule has 7 nitrogen and oxygen atoms in total. The smallest absolute Gasteiger partial charge is 0.345 e. The van der Waals surface area contributed by atoms with E-state index < -0.39 is 17.9 Å². The molecule has 0 spiro atoms. The Kier molecular flexibility index (Phi) is 6.09. The number of hydrogen-bond acceptors (Lipinski definition) is 7. The van der Waals surface area contributed by atoms with Crippen LogP contribution in [-0.2, 0) is 14.3 Å². The number of halogens is 1. The van der Waals surface area contributed by atoms with Gasteiger partial charge in [0, 0.05) is 5.56 Å². The summed E-state index contributed by atoms with van der Waals surface area (Å²) in [5, 5.41) is 9.91. The molecule has 1 heterocycles. The second-order valence-corrected chi connectivity index (χ2v) is 6.70. The lowest BCUT2D eigenvalue weighted by Crippen LogP contribution is -2.25. The highest BCUT2D eigenvalue weighted by Gasteiger charge is 2.37. The van der Waals surface area contributed by atoms with Gasteiger partial charge in [-0.3, -0.25) is 0 Å². The Labute approximate surface area is 177 Å². The van der Waals surface area contributed by atoms with Gasteiger partial charge in [0.1, 0.15) is 23.2 Å². The van der Waals surface area contributed by atoms with Crippen molar-refractivity contribution in [2.75, 3.05) is 7.11 Å². The number of para-hydroxylation sites is 1. The SMILES string of the molecule is COC(=O)C1=C(C)OC(N)=C(C#N)C1c1ccccc1OC(=O)c1ccccc1Cl. The van der Waals surface area contributed by atoms with Gasteiger partial charge < -0.3 is 19.9 Å². The van der Waals surface area contributed by atoms with Gasteiger partial charge in [-0.05, 0) is 25.1 Å². The number of hydrogen-bond donors (Lipinski definition) is 1. The first-order valence-corrected chi connectivity index (χ1v) is 9.19. The second-order valence-electron chi connectivity index (χ2n) is 6.29. The summed E-state index contributed by atoms with van der Waals surface area (Å²) in [6, 6.07) is 15.0. The molecule has 0 aromatic heterocycles. The number of rotatable bonds is 4. The number of benzene rings is 2. The number of esters is 2. The predicted molar refractivity (Wildman–Crippen MR) is 108 cm³/mol. The van der Waals surface area contributed by atoms with Crippen LogP contribution in [0.15, 0.2) is 71.3 Å². The van der Waals surface area contributed by atoms with Gasteiger partial charge in [0.05, 0.1) is 29.2 Å². The van der Waals surface area contributed by atoms with Crippen LogP contribution < -0.4 is 10.5 Å². The molecule has 1 atom stereocenters. The Morgan fingerprint density at radius 3 is 2.47 bits per heavy atom. The normalized spacial score (nSPS) is 15.9. The van der Waals surface area contributed by atoms with Crippen LogP contribution in [0.5, 0.6) is 5.75 Å². The molecule has 1 aliphatic heterocycles. The molecule has 30 heavy (non-hydrogen) atoms. The summed E-state index contributed by atoms with van der Waals surface area (Å²) >= 11 is 6.09. The molecular formula is C22H17ClN2O5. The van der Waals surface area contributed by atoms with E-state index in [0.29, 0.717) is 5.56 Å². The fourth-order valence-corrected chi connectivity index (χ4v) is 3.37. The molecule has 1 unspecified atom stereocenters. The fraction of sp³-hybridized carbons (Fsp3) is 0.136. The van der Waals surface area contributed by atoms with E-state index in [1.54, 1.807) is 49.4 Å². The van der Waals surface area contributed by atoms with Gasteiger partial charge in [0.2, 0.25) is 5.88 Å². The Balaban J connectivity index is 2.11. The Bertz CT molecular complexity index is 1130. The molecule has 0 aliphatic carbocycles. The van der Waals surface area contributed by atoms with Gasteiger partial charge in [-0.25, -0.2) is 9.59 Å². The lowest BCUT2D eigenvalue weighted by atomic mass is 9.82. The largest absolute Gasteiger partial charge is 0.466 e. The van der Waals surface area contributed by atoms with Crippen molar-refractivity contribution in [1.82, 2.24) is 0 Å². The first kappa shape index (κ1) is 21.0. The Morgan fingerprint density at radius 2 is 1.80 bits per heavy atom. The van der Waals surface area contributed by atoms with Crippen molar-refractivity contribution in [1.29, 1.82) is 5.26 Å². The highest BCUT2D eigenvalue weighted by atomic mass is 35.5. The zero-order valence-electron chi connectivity index (χ0n) is 16.1. The molecule has 3 rings (SSSR count). The summed E-state index contributed by atoms with van der Waals surface area (Å²) in [6.45, 7) is 1.54. The second kappa shape index (κ2) is 8.72. The van der Waals surface area contributed by atoms with Gasteiger partial charge in [-0.1, -0.05) is 41.9 Å². The van der Waals surface area contributed by atoms with Gasteiger partial charge >= 0.3 is 11.9 Å². The van der Waals surface area contributed by atoms with Crippen LogP contribution in [0.4, 0.5) is 0 Å². The number of carbonyl (C=O) groups excluding carboxylic acids is 2. The number of nitriles is 1. The zero-order chi connectivity index (χ0) is 21.8. The number of allylic oxidation sites excluding steroid dienone is 2. The van der Waals surface area contributed by atoms with E-state index in [1.807, 2.05) is 6.07 Å². The highest BCUT2D eigenvalue weighted by Crippen LogP contribution is 2.43. The minimum atomic E-state index is -0.938. The number of nitrogens with two attached hydrogens (primary N) is 1. The Hall–Kier alpha value is -3.76. The topological polar surface area (TPSA) is 112 Å². The number of carbonyl (C=O) groups is 2. The highest BCUT2D eigenvalue weighted by molar-refractivity contribution is 6.33. The van der Waals surface area contributed by atoms with Gasteiger partial charge in [-0.15, -0.1) is 0 Å². The molecule has 2 aromatic rings. The zero-order valence-corrected chi connectivity index (χ0v) is 16.9. The van der Waals surface area contributed by atoms with E-state index in [-0.39, 0.29) is 39.1 Å². The quantitative estimate of drug-likeness (QED) is 0.586. The van der Waals surface area contributed by atoms with Crippen molar-refractivity contribution < 1.29 is 23.8 Å². The van der Waals surface area contributed by atoms with Gasteiger partial charge in [0.25, 0.3) is 0 Å². The van der Waals surface area contributed by atoms with Crippen LogP contribution >= 0.6 is 11.6 Å². The molecule has 0 fully saturated rings. The molecule has 2 aromatic carbocycles. The Morgan fingerprint density at radius 1 is 1.13 bits per heavy atom. The van der Waals surface area contributed by atoms with Crippen LogP contribution in [0, 0.1) is 11.3 Å². The average Bonchev–Trinajstić information content (AvgIpc) is 2.73. The molecule has 8 heteroatoms. The van der Waals surface area contributed by atoms with Crippen molar-refractivity contribution in [3.05, 3.63) is 87.5 Å². The standard InChI is InChI=1S/C22H17ClN2O5/c1-12-18(22(27)28-2)19(15(11-24)20(25)29-12)14-8-4-6-10-17(14)30-21(26)13-7-3-5-9-16(13)23/h3-10,19H,25H2,1-2H3. The summed E-state index contributed by atoms with van der Waals surface area (Å²) in [6.07, 6.45) is 0. The van der Waals surface area contributed by atoms with Crippen molar-refractivity contribution >= 4 is 23.5 Å². The molecule has 0 radical (unpaired) electrons. The van der Waals surface area contributed by atoms with Crippen LogP contribution in [0.3, 0.4) is 0 Å². The molecule has 0 saturated heterocycles. The van der Waals surface area contributed by atoms with Gasteiger partial charge in [0.15, 0.2) is 0 Å². The molecule has 2 N–H and O–H groups in total. The first-order valence-electron chi connectivity index (χ1n) is 8.81. The van der Waals surface area contributed by atoms with Crippen LogP contribution in [0.25, 0.3) is 0 Å². The van der Waals surface area contributed by atoms with Gasteiger partial charge in [-0.2, -0.15) is 5.26 Å². The van der Waals surface area contributed by atoms with Crippen LogP contribution in [-0.4, -0.2) is 19.0 Å². The first-order chi connectivity index (χ1) is 14.4. The van der Waals surface area contributed by atoms with E-state index in [2.05, 4.69) is 0 Å². The van der Waals surface area contributed by atoms with E-state index >= 15 is 0 Å². The fourth-order valence-electron chi connectivity index (χ4n) is 3.16. The summed E-state index contributed by atoms with van der Waals surface area (Å²) in [5.74, 6) is -2.12. The van der Waals surface area contributed by atoms with E-state index in [9.17, 15) is 14.9 Å². The summed E-state index contributed by atoms with van der Waals surface area (Å²) in [4.78, 5) is 25.2. The van der Waals surface area contributed by atoms with Crippen LogP contribution in [0.2, 0.25) is 5.02 Å². The molecular weight excluding hydrogens is 408 g/mol. The summed E-state index contributed by atoms with van der Waals surface area (Å²) in [7, 11) is 1.22. The lowest BCUT2D eigenvalue weighted by Gasteiger charge is -2.27. The summed E-state index contributed by atoms with van der Waals surface area (Å²) in [5.41, 5.74) is 6.54. The van der Waals surface area contributed by atoms with Crippen molar-refractivity contribution in [2.24, 2.45) is 5.73 Å². The lowest BCUT2D eigenvalue weighted by molar-refractivity contribution is -0.136. The van der Waals surface area contributed by atoms with E-state index in [1.165, 1.54) is 13.2 Å². The third-order valence-electron chi connectivity index (χ3n) is 4.54. The number of ether oxygens (including phenoxy) is 3. The molecule has 152 valence electrons. The molecule has 0 saturated carbocycles. The molecule has 0 bridgehead atoms. The predicted octanol–water partition coefficient (Wildman–Crippen LogP) is 3.81. The number of nitrogens with zero attached hydrogens (tertiary/aromatic N) is 1. The van der Waals surface area contributed by atoms with Crippen molar-refractivity contribution in [2.45, 2.75) is 12.8 Å². The van der Waals surface area contributed by atoms with E-state index in [4.69, 9.17) is 31.5 Å². The molecule has 0 amide bonds. The maximum atomic E-state index is 12.7. The number of methoxy groups -OCH3 is 1. The summed E-state index contributed by atoms with van der Waals surface area (Å²) < 4.78 is 15.8.